The molecule has 1 aromatic carbocycles. The third kappa shape index (κ3) is 8.65. The average molecular weight is 528 g/mol. The predicted octanol–water partition coefficient (Wildman–Crippen LogP) is 4.57. The van der Waals surface area contributed by atoms with E-state index in [2.05, 4.69) is 4.98 Å². The first-order valence-electron chi connectivity index (χ1n) is 12.8. The summed E-state index contributed by atoms with van der Waals surface area (Å²) < 4.78 is 32.9. The molecule has 0 atom stereocenters. The highest BCUT2D eigenvalue weighted by molar-refractivity contribution is 5.81. The highest BCUT2D eigenvalue weighted by atomic mass is 16.6. The number of benzene rings is 1. The molecule has 0 N–H and O–H groups in total. The number of pyridine rings is 1. The van der Waals surface area contributed by atoms with Crippen molar-refractivity contribution in [2.75, 3.05) is 52.9 Å². The molecule has 0 fully saturated rings. The van der Waals surface area contributed by atoms with Gasteiger partial charge in [-0.15, -0.1) is 0 Å². The molecule has 0 amide bonds. The van der Waals surface area contributed by atoms with Crippen molar-refractivity contribution in [3.63, 3.8) is 0 Å². The molecule has 0 bridgehead atoms. The van der Waals surface area contributed by atoms with Gasteiger partial charge in [0.1, 0.15) is 19.0 Å². The molecule has 0 aliphatic carbocycles. The molecule has 0 unspecified atom stereocenters. The summed E-state index contributed by atoms with van der Waals surface area (Å²) in [4.78, 5) is 28.2. The van der Waals surface area contributed by atoms with E-state index in [0.29, 0.717) is 57.4 Å². The number of ether oxygens (including phenoxy) is 5. The third-order valence-electron chi connectivity index (χ3n) is 6.15. The lowest BCUT2D eigenvalue weighted by molar-refractivity contribution is -0.155. The van der Waals surface area contributed by atoms with E-state index in [1.54, 1.807) is 12.3 Å². The Labute approximate surface area is 223 Å². The fourth-order valence-electron chi connectivity index (χ4n) is 3.43. The molecule has 0 aliphatic heterocycles. The van der Waals surface area contributed by atoms with E-state index in [1.165, 1.54) is 6.20 Å². The van der Waals surface area contributed by atoms with Crippen molar-refractivity contribution < 1.29 is 32.9 Å². The normalized spacial score (nSPS) is 11.6. The minimum atomic E-state index is -0.464. The quantitative estimate of drug-likeness (QED) is 0.196. The molecule has 38 heavy (non-hydrogen) atoms. The maximum absolute atomic E-state index is 12.4. The van der Waals surface area contributed by atoms with Gasteiger partial charge in [0.2, 0.25) is 0 Å². The first kappa shape index (κ1) is 29.3. The number of esters is 1. The monoisotopic (exact) mass is 527 g/mol. The van der Waals surface area contributed by atoms with E-state index in [9.17, 15) is 9.59 Å². The molecule has 9 nitrogen and oxygen atoms in total. The molecule has 0 spiro atoms. The summed E-state index contributed by atoms with van der Waals surface area (Å²) in [6.45, 7) is 10.8. The molecule has 9 heteroatoms. The minimum Gasteiger partial charge on any atom is -0.491 e. The Morgan fingerprint density at radius 1 is 0.921 bits per heavy atom. The second kappa shape index (κ2) is 14.6. The highest BCUT2D eigenvalue weighted by Crippen LogP contribution is 2.26. The molecule has 0 aliphatic rings. The van der Waals surface area contributed by atoms with E-state index >= 15 is 0 Å². The summed E-state index contributed by atoms with van der Waals surface area (Å²) in [6.07, 6.45) is 3.92. The molecule has 0 radical (unpaired) electrons. The van der Waals surface area contributed by atoms with Gasteiger partial charge < -0.3 is 28.1 Å². The Balaban J connectivity index is 1.26. The largest absolute Gasteiger partial charge is 0.491 e. The van der Waals surface area contributed by atoms with Gasteiger partial charge in [-0.25, -0.2) is 4.79 Å². The van der Waals surface area contributed by atoms with Gasteiger partial charge >= 0.3 is 11.6 Å². The fraction of sp³-hybridized carbons (Fsp3) is 0.483. The van der Waals surface area contributed by atoms with Crippen molar-refractivity contribution in [1.29, 1.82) is 0 Å². The fourth-order valence-corrected chi connectivity index (χ4v) is 3.43. The van der Waals surface area contributed by atoms with Gasteiger partial charge in [0.15, 0.2) is 5.58 Å². The maximum Gasteiger partial charge on any atom is 0.344 e. The van der Waals surface area contributed by atoms with Crippen molar-refractivity contribution in [2.45, 2.75) is 34.1 Å². The molecular weight excluding hydrogens is 490 g/mol. The number of carbonyl (C=O) groups is 1. The zero-order valence-electron chi connectivity index (χ0n) is 22.6. The molecular formula is C29H37NO8. The van der Waals surface area contributed by atoms with Crippen LogP contribution in [0, 0.1) is 12.3 Å². The van der Waals surface area contributed by atoms with Gasteiger partial charge in [0, 0.05) is 11.6 Å². The highest BCUT2D eigenvalue weighted by Gasteiger charge is 2.26. The SMILES string of the molecule is CCC(C)(C)C(=O)OCCOCCOCCOCCOc1ccc(-c2cc3ccncc3oc2=O)cc1C. The Morgan fingerprint density at radius 2 is 1.58 bits per heavy atom. The van der Waals surface area contributed by atoms with Gasteiger partial charge in [0.25, 0.3) is 0 Å². The standard InChI is InChI=1S/C29H37NO8/c1-5-29(3,4)28(32)37-17-15-35-13-11-33-10-12-34-14-16-36-25-7-6-22(18-21(25)2)24-19-23-8-9-30-20-26(23)38-27(24)31/h6-9,18-20H,5,10-17H2,1-4H3. The zero-order valence-corrected chi connectivity index (χ0v) is 22.6. The molecule has 206 valence electrons. The minimum absolute atomic E-state index is 0.207. The number of hydrogen-bond donors (Lipinski definition) is 0. The second-order valence-corrected chi connectivity index (χ2v) is 9.40. The summed E-state index contributed by atoms with van der Waals surface area (Å²) in [6, 6.07) is 9.21. The van der Waals surface area contributed by atoms with Crippen LogP contribution in [0.5, 0.6) is 5.75 Å². The van der Waals surface area contributed by atoms with E-state index in [1.807, 2.05) is 52.0 Å². The average Bonchev–Trinajstić information content (AvgIpc) is 2.91. The van der Waals surface area contributed by atoms with Crippen LogP contribution in [0.4, 0.5) is 0 Å². The van der Waals surface area contributed by atoms with Crippen LogP contribution in [0.1, 0.15) is 32.8 Å². The van der Waals surface area contributed by atoms with E-state index in [0.717, 1.165) is 28.7 Å². The predicted molar refractivity (Wildman–Crippen MR) is 143 cm³/mol. The number of fused-ring (bicyclic) bond motifs is 1. The lowest BCUT2D eigenvalue weighted by atomic mass is 9.91. The van der Waals surface area contributed by atoms with Crippen LogP contribution < -0.4 is 10.4 Å². The van der Waals surface area contributed by atoms with E-state index < -0.39 is 11.0 Å². The number of carbonyl (C=O) groups excluding carboxylic acids is 1. The Kier molecular flexibility index (Phi) is 11.3. The summed E-state index contributed by atoms with van der Waals surface area (Å²) in [5.41, 5.74) is 1.76. The van der Waals surface area contributed by atoms with Crippen LogP contribution in [0.3, 0.4) is 0 Å². The maximum atomic E-state index is 12.4. The van der Waals surface area contributed by atoms with Gasteiger partial charge in [-0.1, -0.05) is 13.0 Å². The first-order chi connectivity index (χ1) is 18.3. The number of hydrogen-bond acceptors (Lipinski definition) is 9. The van der Waals surface area contributed by atoms with Crippen LogP contribution in [0.2, 0.25) is 0 Å². The first-order valence-corrected chi connectivity index (χ1v) is 12.8. The molecule has 0 saturated carbocycles. The molecule has 2 heterocycles. The number of aryl methyl sites for hydroxylation is 1. The van der Waals surface area contributed by atoms with Crippen molar-refractivity contribution in [3.05, 3.63) is 58.7 Å². The Bertz CT molecular complexity index is 1240. The Morgan fingerprint density at radius 3 is 2.24 bits per heavy atom. The molecule has 2 aromatic heterocycles. The van der Waals surface area contributed by atoms with E-state index in [4.69, 9.17) is 28.1 Å². The number of aromatic nitrogens is 1. The molecule has 3 aromatic rings. The van der Waals surface area contributed by atoms with Crippen molar-refractivity contribution in [2.24, 2.45) is 5.41 Å². The van der Waals surface area contributed by atoms with E-state index in [-0.39, 0.29) is 12.6 Å². The lowest BCUT2D eigenvalue weighted by Crippen LogP contribution is -2.27. The van der Waals surface area contributed by atoms with Gasteiger partial charge in [-0.2, -0.15) is 0 Å². The zero-order chi connectivity index (χ0) is 27.4. The van der Waals surface area contributed by atoms with Crippen molar-refractivity contribution in [3.8, 4) is 16.9 Å². The third-order valence-corrected chi connectivity index (χ3v) is 6.15. The van der Waals surface area contributed by atoms with Crippen molar-refractivity contribution in [1.82, 2.24) is 4.98 Å². The number of rotatable bonds is 16. The van der Waals surface area contributed by atoms with Gasteiger partial charge in [-0.05, 0) is 62.6 Å². The van der Waals surface area contributed by atoms with Gasteiger partial charge in [0.05, 0.1) is 56.8 Å². The summed E-state index contributed by atoms with van der Waals surface area (Å²) >= 11 is 0. The van der Waals surface area contributed by atoms with Crippen LogP contribution in [-0.2, 0) is 23.7 Å². The van der Waals surface area contributed by atoms with Crippen LogP contribution >= 0.6 is 0 Å². The van der Waals surface area contributed by atoms with Gasteiger partial charge in [-0.3, -0.25) is 9.78 Å². The smallest absolute Gasteiger partial charge is 0.344 e. The Hall–Kier alpha value is -3.27. The molecule has 3 rings (SSSR count). The van der Waals surface area contributed by atoms with Crippen molar-refractivity contribution >= 4 is 16.9 Å². The summed E-state index contributed by atoms with van der Waals surface area (Å²) in [5, 5.41) is 0.815. The second-order valence-electron chi connectivity index (χ2n) is 9.40. The number of nitrogens with zero attached hydrogens (tertiary/aromatic N) is 1. The van der Waals surface area contributed by atoms with Crippen LogP contribution in [0.25, 0.3) is 22.1 Å². The van der Waals surface area contributed by atoms with Crippen LogP contribution in [-0.4, -0.2) is 63.8 Å². The van der Waals surface area contributed by atoms with Crippen LogP contribution in [0.15, 0.2) is 51.9 Å². The summed E-state index contributed by atoms with van der Waals surface area (Å²) in [5.74, 6) is 0.519. The lowest BCUT2D eigenvalue weighted by Gasteiger charge is -2.20. The molecule has 0 saturated heterocycles. The summed E-state index contributed by atoms with van der Waals surface area (Å²) in [7, 11) is 0. The topological polar surface area (TPSA) is 106 Å².